The molecule has 4 aromatic rings. The molecule has 156 valence electrons. The van der Waals surface area contributed by atoms with E-state index >= 15 is 0 Å². The molecule has 0 aliphatic heterocycles. The van der Waals surface area contributed by atoms with E-state index in [4.69, 9.17) is 26.0 Å². The lowest BCUT2D eigenvalue weighted by Gasteiger charge is -2.08. The number of nitrogen functional groups attached to an aromatic ring is 1. The summed E-state index contributed by atoms with van der Waals surface area (Å²) < 4.78 is 0. The van der Waals surface area contributed by atoms with Crippen molar-refractivity contribution in [3.63, 3.8) is 0 Å². The van der Waals surface area contributed by atoms with Gasteiger partial charge in [-0.3, -0.25) is 10.2 Å². The number of aliphatic carboxylic acids is 1. The number of rotatable bonds is 4. The molecule has 0 bridgehead atoms. The van der Waals surface area contributed by atoms with E-state index in [2.05, 4.69) is 4.98 Å². The Kier molecular flexibility index (Phi) is 6.47. The number of aromatic amines is 1. The standard InChI is InChI=1S/C22H18N4O.C2H4O2/c23-21(24)15-10-12-16(13-11-15)25-20(14-6-2-1-3-7-14)19-17-8-4-5-9-18(17)26-22(19)27;1-2(3)4/h1-13,26-27H,(H3,23,24);1H3,(H,3,4). The number of hydrogen-bond donors (Lipinski definition) is 5. The number of aromatic nitrogens is 1. The normalized spacial score (nSPS) is 10.9. The Morgan fingerprint density at radius 2 is 1.52 bits per heavy atom. The van der Waals surface area contributed by atoms with Crippen LogP contribution in [0.2, 0.25) is 0 Å². The topological polar surface area (TPSA) is 136 Å². The van der Waals surface area contributed by atoms with Crippen molar-refractivity contribution in [3.05, 3.63) is 95.6 Å². The second kappa shape index (κ2) is 9.41. The number of nitrogens with zero attached hydrogens (tertiary/aromatic N) is 1. The molecule has 7 heteroatoms. The van der Waals surface area contributed by atoms with E-state index in [1.807, 2.05) is 66.7 Å². The summed E-state index contributed by atoms with van der Waals surface area (Å²) in [5.74, 6) is -0.734. The Hall–Kier alpha value is -4.39. The number of nitrogens with two attached hydrogens (primary N) is 1. The molecule has 0 atom stereocenters. The van der Waals surface area contributed by atoms with E-state index < -0.39 is 5.97 Å². The predicted octanol–water partition coefficient (Wildman–Crippen LogP) is 4.42. The summed E-state index contributed by atoms with van der Waals surface area (Å²) in [4.78, 5) is 16.8. The first-order valence-electron chi connectivity index (χ1n) is 9.45. The third-order valence-electron chi connectivity index (χ3n) is 4.39. The maximum atomic E-state index is 10.6. The Morgan fingerprint density at radius 1 is 0.935 bits per heavy atom. The highest BCUT2D eigenvalue weighted by atomic mass is 16.4. The van der Waals surface area contributed by atoms with Crippen molar-refractivity contribution in [1.82, 2.24) is 4.98 Å². The molecule has 0 radical (unpaired) electrons. The Labute approximate surface area is 179 Å². The van der Waals surface area contributed by atoms with Crippen molar-refractivity contribution in [2.45, 2.75) is 6.92 Å². The van der Waals surface area contributed by atoms with Gasteiger partial charge in [-0.1, -0.05) is 48.5 Å². The SMILES string of the molecule is CC(=O)O.N=C(N)c1ccc(N=C(c2ccccc2)c2c(O)[nH]c3ccccc23)cc1. The minimum atomic E-state index is -0.833. The first-order valence-corrected chi connectivity index (χ1v) is 9.45. The average Bonchev–Trinajstić information content (AvgIpc) is 3.08. The minimum Gasteiger partial charge on any atom is -0.494 e. The zero-order valence-corrected chi connectivity index (χ0v) is 16.8. The van der Waals surface area contributed by atoms with E-state index in [1.165, 1.54) is 0 Å². The fraction of sp³-hybridized carbons (Fsp3) is 0.0417. The lowest BCUT2D eigenvalue weighted by molar-refractivity contribution is -0.134. The van der Waals surface area contributed by atoms with Crippen molar-refractivity contribution < 1.29 is 15.0 Å². The summed E-state index contributed by atoms with van der Waals surface area (Å²) in [6, 6.07) is 24.6. The van der Waals surface area contributed by atoms with Gasteiger partial charge in [0.25, 0.3) is 5.97 Å². The van der Waals surface area contributed by atoms with Crippen LogP contribution in [0.15, 0.2) is 83.9 Å². The van der Waals surface area contributed by atoms with Gasteiger partial charge in [-0.25, -0.2) is 4.99 Å². The molecular weight excluding hydrogens is 392 g/mol. The molecule has 4 rings (SSSR count). The van der Waals surface area contributed by atoms with E-state index in [-0.39, 0.29) is 11.7 Å². The van der Waals surface area contributed by atoms with Crippen LogP contribution in [0.1, 0.15) is 23.6 Å². The van der Waals surface area contributed by atoms with Gasteiger partial charge >= 0.3 is 0 Å². The molecule has 31 heavy (non-hydrogen) atoms. The van der Waals surface area contributed by atoms with Crippen LogP contribution in [0.5, 0.6) is 5.88 Å². The van der Waals surface area contributed by atoms with Crippen molar-refractivity contribution in [3.8, 4) is 5.88 Å². The van der Waals surface area contributed by atoms with Crippen molar-refractivity contribution in [2.75, 3.05) is 0 Å². The Morgan fingerprint density at radius 3 is 2.13 bits per heavy atom. The second-order valence-corrected chi connectivity index (χ2v) is 6.70. The van der Waals surface area contributed by atoms with E-state index in [0.717, 1.165) is 23.4 Å². The van der Waals surface area contributed by atoms with Gasteiger partial charge in [-0.2, -0.15) is 0 Å². The lowest BCUT2D eigenvalue weighted by atomic mass is 10.0. The van der Waals surface area contributed by atoms with E-state index in [0.29, 0.717) is 22.5 Å². The highest BCUT2D eigenvalue weighted by Crippen LogP contribution is 2.31. The van der Waals surface area contributed by atoms with Crippen molar-refractivity contribution in [2.24, 2.45) is 10.7 Å². The minimum absolute atomic E-state index is 0.0167. The molecular formula is C24H22N4O3. The molecule has 0 aliphatic rings. The number of carbonyl (C=O) groups is 1. The van der Waals surface area contributed by atoms with Gasteiger partial charge in [-0.05, 0) is 30.3 Å². The predicted molar refractivity (Wildman–Crippen MR) is 122 cm³/mol. The summed E-state index contributed by atoms with van der Waals surface area (Å²) in [5.41, 5.74) is 9.95. The zero-order valence-electron chi connectivity index (χ0n) is 16.8. The third-order valence-corrected chi connectivity index (χ3v) is 4.39. The maximum Gasteiger partial charge on any atom is 0.300 e. The number of nitrogens with one attached hydrogen (secondary N) is 2. The summed E-state index contributed by atoms with van der Waals surface area (Å²) in [7, 11) is 0. The van der Waals surface area contributed by atoms with Crippen LogP contribution in [-0.2, 0) is 4.79 Å². The Bertz CT molecular complexity index is 1240. The quantitative estimate of drug-likeness (QED) is 0.249. The molecule has 0 aliphatic carbocycles. The van der Waals surface area contributed by atoms with E-state index in [1.54, 1.807) is 12.1 Å². The summed E-state index contributed by atoms with van der Waals surface area (Å²) >= 11 is 0. The molecule has 0 amide bonds. The lowest BCUT2D eigenvalue weighted by Crippen LogP contribution is -2.10. The van der Waals surface area contributed by atoms with Crippen molar-refractivity contribution in [1.29, 1.82) is 5.41 Å². The number of fused-ring (bicyclic) bond motifs is 1. The van der Waals surface area contributed by atoms with E-state index in [9.17, 15) is 5.11 Å². The number of benzene rings is 3. The maximum absolute atomic E-state index is 10.6. The molecule has 7 nitrogen and oxygen atoms in total. The monoisotopic (exact) mass is 414 g/mol. The zero-order chi connectivity index (χ0) is 22.4. The third kappa shape index (κ3) is 5.16. The number of H-pyrrole nitrogens is 1. The van der Waals surface area contributed by atoms with Crippen molar-refractivity contribution >= 4 is 34.1 Å². The first kappa shape index (κ1) is 21.3. The van der Waals surface area contributed by atoms with Gasteiger partial charge in [0.15, 0.2) is 5.88 Å². The molecule has 0 spiro atoms. The van der Waals surface area contributed by atoms with Crippen LogP contribution in [0.25, 0.3) is 10.9 Å². The van der Waals surface area contributed by atoms with Gasteiger partial charge in [0.05, 0.1) is 17.0 Å². The van der Waals surface area contributed by atoms with Gasteiger partial charge < -0.3 is 20.9 Å². The number of para-hydroxylation sites is 1. The van der Waals surface area contributed by atoms with Crippen LogP contribution in [-0.4, -0.2) is 32.7 Å². The number of carboxylic acid groups (broad SMARTS) is 1. The van der Waals surface area contributed by atoms with Crippen LogP contribution in [0.4, 0.5) is 5.69 Å². The fourth-order valence-electron chi connectivity index (χ4n) is 3.07. The largest absolute Gasteiger partial charge is 0.494 e. The summed E-state index contributed by atoms with van der Waals surface area (Å²) in [5, 5.41) is 26.4. The molecule has 6 N–H and O–H groups in total. The van der Waals surface area contributed by atoms with Crippen LogP contribution in [0, 0.1) is 5.41 Å². The number of aromatic hydroxyl groups is 1. The number of hydrogen-bond acceptors (Lipinski definition) is 4. The molecule has 0 unspecified atom stereocenters. The highest BCUT2D eigenvalue weighted by Gasteiger charge is 2.18. The van der Waals surface area contributed by atoms with Crippen LogP contribution in [0.3, 0.4) is 0 Å². The fourth-order valence-corrected chi connectivity index (χ4v) is 3.07. The Balaban J connectivity index is 0.000000628. The molecule has 0 fully saturated rings. The van der Waals surface area contributed by atoms with Gasteiger partial charge in [0.1, 0.15) is 5.84 Å². The van der Waals surface area contributed by atoms with Crippen LogP contribution < -0.4 is 5.73 Å². The smallest absolute Gasteiger partial charge is 0.300 e. The van der Waals surface area contributed by atoms with Gasteiger partial charge in [-0.15, -0.1) is 0 Å². The molecule has 1 aromatic heterocycles. The molecule has 0 saturated carbocycles. The summed E-state index contributed by atoms with van der Waals surface area (Å²) in [6.07, 6.45) is 0. The number of aliphatic imine (C=N–C) groups is 1. The molecule has 1 heterocycles. The number of amidine groups is 1. The average molecular weight is 414 g/mol. The first-order chi connectivity index (χ1) is 14.9. The molecule has 3 aromatic carbocycles. The highest BCUT2D eigenvalue weighted by molar-refractivity contribution is 6.21. The molecule has 0 saturated heterocycles. The van der Waals surface area contributed by atoms with Gasteiger partial charge in [0.2, 0.25) is 0 Å². The second-order valence-electron chi connectivity index (χ2n) is 6.70. The number of carboxylic acids is 1. The van der Waals surface area contributed by atoms with Gasteiger partial charge in [0, 0.05) is 29.0 Å². The van der Waals surface area contributed by atoms with Crippen LogP contribution >= 0.6 is 0 Å². The summed E-state index contributed by atoms with van der Waals surface area (Å²) in [6.45, 7) is 1.08.